The second-order valence-corrected chi connectivity index (χ2v) is 7.64. The van der Waals surface area contributed by atoms with E-state index in [0.29, 0.717) is 0 Å². The third-order valence-corrected chi connectivity index (χ3v) is 5.54. The monoisotopic (exact) mass is 377 g/mol. The van der Waals surface area contributed by atoms with Gasteiger partial charge in [0.2, 0.25) is 0 Å². The van der Waals surface area contributed by atoms with Crippen molar-refractivity contribution in [3.05, 3.63) is 62.9 Å². The quantitative estimate of drug-likeness (QED) is 0.845. The molecule has 1 N–H and O–H groups in total. The Kier molecular flexibility index (Phi) is 6.82. The predicted molar refractivity (Wildman–Crippen MR) is 107 cm³/mol. The van der Waals surface area contributed by atoms with Gasteiger partial charge in [0.1, 0.15) is 0 Å². The lowest BCUT2D eigenvalue weighted by atomic mass is 9.98. The Bertz CT molecular complexity index is 780. The lowest BCUT2D eigenvalue weighted by Crippen LogP contribution is -2.12. The first-order valence-electron chi connectivity index (χ1n) is 8.31. The minimum atomic E-state index is -0.759. The van der Waals surface area contributed by atoms with E-state index in [1.165, 1.54) is 27.1 Å². The number of carboxylic acids is 1. The average molecular weight is 378 g/mol. The summed E-state index contributed by atoms with van der Waals surface area (Å²) in [4.78, 5) is 15.5. The number of hydrogen-bond acceptors (Lipinski definition) is 3. The van der Waals surface area contributed by atoms with Crippen molar-refractivity contribution < 1.29 is 9.90 Å². The van der Waals surface area contributed by atoms with Crippen molar-refractivity contribution in [2.24, 2.45) is 0 Å². The molecule has 0 radical (unpaired) electrons. The van der Waals surface area contributed by atoms with Crippen LogP contribution in [0.5, 0.6) is 0 Å². The SMILES string of the molecule is CN(C)CC/C=C1\c2ccccc2CCc2cc(CC(=O)O)sc21.Cl. The van der Waals surface area contributed by atoms with Gasteiger partial charge in [-0.15, -0.1) is 23.7 Å². The maximum absolute atomic E-state index is 11.1. The van der Waals surface area contributed by atoms with Gasteiger partial charge in [0, 0.05) is 16.3 Å². The van der Waals surface area contributed by atoms with Gasteiger partial charge in [-0.05, 0) is 61.7 Å². The van der Waals surface area contributed by atoms with Crippen LogP contribution in [0.15, 0.2) is 36.4 Å². The third kappa shape index (κ3) is 4.72. The van der Waals surface area contributed by atoms with Crippen molar-refractivity contribution in [3.8, 4) is 0 Å². The summed E-state index contributed by atoms with van der Waals surface area (Å²) in [6.45, 7) is 1.01. The molecule has 0 saturated carbocycles. The third-order valence-electron chi connectivity index (χ3n) is 4.33. The van der Waals surface area contributed by atoms with Crippen LogP contribution >= 0.6 is 23.7 Å². The highest BCUT2D eigenvalue weighted by molar-refractivity contribution is 7.13. The highest BCUT2D eigenvalue weighted by atomic mass is 35.5. The summed E-state index contributed by atoms with van der Waals surface area (Å²) in [5.74, 6) is -0.759. The van der Waals surface area contributed by atoms with Gasteiger partial charge in [0.05, 0.1) is 6.42 Å². The Morgan fingerprint density at radius 3 is 2.68 bits per heavy atom. The van der Waals surface area contributed by atoms with Gasteiger partial charge in [-0.25, -0.2) is 0 Å². The summed E-state index contributed by atoms with van der Waals surface area (Å²) in [7, 11) is 4.17. The van der Waals surface area contributed by atoms with Gasteiger partial charge in [0.15, 0.2) is 0 Å². The molecule has 3 nitrogen and oxygen atoms in total. The van der Waals surface area contributed by atoms with Gasteiger partial charge in [-0.3, -0.25) is 4.79 Å². The van der Waals surface area contributed by atoms with Crippen molar-refractivity contribution in [1.82, 2.24) is 4.90 Å². The molecule has 0 unspecified atom stereocenters. The second kappa shape index (κ2) is 8.65. The van der Waals surface area contributed by atoms with Gasteiger partial charge in [-0.1, -0.05) is 30.3 Å². The number of fused-ring (bicyclic) bond motifs is 2. The number of rotatable bonds is 5. The van der Waals surface area contributed by atoms with Crippen LogP contribution in [0.25, 0.3) is 5.57 Å². The maximum atomic E-state index is 11.1. The fourth-order valence-electron chi connectivity index (χ4n) is 3.20. The van der Waals surface area contributed by atoms with Crippen LogP contribution in [-0.2, 0) is 24.1 Å². The molecule has 1 aliphatic carbocycles. The van der Waals surface area contributed by atoms with Crippen molar-refractivity contribution in [2.75, 3.05) is 20.6 Å². The van der Waals surface area contributed by atoms with Gasteiger partial charge in [-0.2, -0.15) is 0 Å². The number of hydrogen-bond donors (Lipinski definition) is 1. The molecule has 2 aromatic rings. The molecule has 1 aliphatic rings. The fraction of sp³-hybridized carbons (Fsp3) is 0.350. The summed E-state index contributed by atoms with van der Waals surface area (Å²) < 4.78 is 0. The first-order chi connectivity index (χ1) is 11.5. The fourth-order valence-corrected chi connectivity index (χ4v) is 4.45. The van der Waals surface area contributed by atoms with E-state index in [1.807, 2.05) is 0 Å². The summed E-state index contributed by atoms with van der Waals surface area (Å²) in [6, 6.07) is 10.7. The van der Waals surface area contributed by atoms with E-state index in [1.54, 1.807) is 11.3 Å². The van der Waals surface area contributed by atoms with E-state index < -0.39 is 5.97 Å². The standard InChI is InChI=1S/C20H23NO2S.ClH/c1-21(2)11-5-8-18-17-7-4-3-6-14(17)9-10-15-12-16(13-19(22)23)24-20(15)18;/h3-4,6-8,12H,5,9-11,13H2,1-2H3,(H,22,23);1H/b18-8+;. The summed E-state index contributed by atoms with van der Waals surface area (Å²) >= 11 is 1.64. The number of carbonyl (C=O) groups is 1. The molecule has 0 spiro atoms. The van der Waals surface area contributed by atoms with Gasteiger partial charge >= 0.3 is 5.97 Å². The number of thiophene rings is 1. The molecule has 134 valence electrons. The molecule has 0 amide bonds. The number of nitrogens with zero attached hydrogens (tertiary/aromatic N) is 1. The van der Waals surface area contributed by atoms with Gasteiger partial charge < -0.3 is 10.0 Å². The highest BCUT2D eigenvalue weighted by Crippen LogP contribution is 2.39. The van der Waals surface area contributed by atoms with Crippen LogP contribution in [0.1, 0.15) is 32.9 Å². The first kappa shape index (κ1) is 19.7. The van der Waals surface area contributed by atoms with Crippen LogP contribution in [-0.4, -0.2) is 36.6 Å². The number of carboxylic acid groups (broad SMARTS) is 1. The van der Waals surface area contributed by atoms with Crippen molar-refractivity contribution >= 4 is 35.3 Å². The number of aliphatic carboxylic acids is 1. The zero-order valence-electron chi connectivity index (χ0n) is 14.6. The van der Waals surface area contributed by atoms with Crippen LogP contribution in [0, 0.1) is 0 Å². The molecular formula is C20H24ClNO2S. The molecule has 0 atom stereocenters. The zero-order chi connectivity index (χ0) is 17.1. The summed E-state index contributed by atoms with van der Waals surface area (Å²) in [5.41, 5.74) is 5.26. The molecule has 1 aromatic heterocycles. The topological polar surface area (TPSA) is 40.5 Å². The molecular weight excluding hydrogens is 354 g/mol. The number of benzene rings is 1. The molecule has 25 heavy (non-hydrogen) atoms. The van der Waals surface area contributed by atoms with Crippen molar-refractivity contribution in [2.45, 2.75) is 25.7 Å². The lowest BCUT2D eigenvalue weighted by Gasteiger charge is -2.11. The zero-order valence-corrected chi connectivity index (χ0v) is 16.3. The molecule has 0 fully saturated rings. The Balaban J connectivity index is 0.00000225. The largest absolute Gasteiger partial charge is 0.481 e. The molecule has 0 bridgehead atoms. The van der Waals surface area contributed by atoms with Crippen molar-refractivity contribution in [3.63, 3.8) is 0 Å². The van der Waals surface area contributed by atoms with E-state index in [-0.39, 0.29) is 18.8 Å². The molecule has 3 rings (SSSR count). The molecule has 0 saturated heterocycles. The number of aryl methyl sites for hydroxylation is 2. The molecule has 5 heteroatoms. The minimum absolute atomic E-state index is 0. The highest BCUT2D eigenvalue weighted by Gasteiger charge is 2.21. The van der Waals surface area contributed by atoms with Gasteiger partial charge in [0.25, 0.3) is 0 Å². The van der Waals surface area contributed by atoms with Crippen LogP contribution in [0.3, 0.4) is 0 Å². The normalized spacial score (nSPS) is 14.6. The van der Waals surface area contributed by atoms with Crippen molar-refractivity contribution in [1.29, 1.82) is 0 Å². The molecule has 1 aromatic carbocycles. The molecule has 0 aliphatic heterocycles. The minimum Gasteiger partial charge on any atom is -0.481 e. The van der Waals surface area contributed by atoms with E-state index in [9.17, 15) is 4.79 Å². The summed E-state index contributed by atoms with van der Waals surface area (Å²) in [6.07, 6.45) is 5.42. The number of halogens is 1. The van der Waals surface area contributed by atoms with E-state index >= 15 is 0 Å². The van der Waals surface area contributed by atoms with Crippen LogP contribution < -0.4 is 0 Å². The smallest absolute Gasteiger partial charge is 0.308 e. The molecule has 1 heterocycles. The maximum Gasteiger partial charge on any atom is 0.308 e. The Morgan fingerprint density at radius 1 is 1.24 bits per heavy atom. The average Bonchev–Trinajstić information content (AvgIpc) is 2.85. The van der Waals surface area contributed by atoms with Crippen LogP contribution in [0.4, 0.5) is 0 Å². The van der Waals surface area contributed by atoms with E-state index in [0.717, 1.165) is 30.7 Å². The Morgan fingerprint density at radius 2 is 1.96 bits per heavy atom. The first-order valence-corrected chi connectivity index (χ1v) is 9.13. The lowest BCUT2D eigenvalue weighted by molar-refractivity contribution is -0.136. The van der Waals surface area contributed by atoms with E-state index in [2.05, 4.69) is 55.4 Å². The summed E-state index contributed by atoms with van der Waals surface area (Å²) in [5, 5.41) is 9.10. The van der Waals surface area contributed by atoms with E-state index in [4.69, 9.17) is 5.11 Å². The Hall–Kier alpha value is -1.62. The van der Waals surface area contributed by atoms with Crippen LogP contribution in [0.2, 0.25) is 0 Å². The Labute approximate surface area is 159 Å². The predicted octanol–water partition coefficient (Wildman–Crippen LogP) is 4.28. The second-order valence-electron chi connectivity index (χ2n) is 6.50.